The lowest BCUT2D eigenvalue weighted by Gasteiger charge is -2.44. The van der Waals surface area contributed by atoms with E-state index in [1.54, 1.807) is 0 Å². The topological polar surface area (TPSA) is 40.5 Å². The smallest absolute Gasteiger partial charge is 0.306 e. The highest BCUT2D eigenvalue weighted by atomic mass is 32.2. The molecule has 0 spiro atoms. The third kappa shape index (κ3) is 7.78. The van der Waals surface area contributed by atoms with Crippen molar-refractivity contribution in [3.63, 3.8) is 0 Å². The number of halogens is 23. The van der Waals surface area contributed by atoms with Crippen LogP contribution in [0.15, 0.2) is 11.9 Å². The highest BCUT2D eigenvalue weighted by Crippen LogP contribution is 2.30. The van der Waals surface area contributed by atoms with E-state index in [2.05, 4.69) is 0 Å². The Labute approximate surface area is 309 Å². The van der Waals surface area contributed by atoms with E-state index in [1.165, 1.54) is 0 Å². The molecule has 0 atom stereocenters. The van der Waals surface area contributed by atoms with Gasteiger partial charge in [-0.05, 0) is 10.9 Å². The molecule has 0 unspecified atom stereocenters. The predicted octanol–water partition coefficient (Wildman–Crippen LogP) is 6.51. The van der Waals surface area contributed by atoms with Crippen LogP contribution in [-0.4, -0.2) is 46.8 Å². The van der Waals surface area contributed by atoms with Crippen LogP contribution in [0.25, 0.3) is 0 Å². The zero-order valence-electron chi connectivity index (χ0n) is 27.1. The highest BCUT2D eigenvalue weighted by Gasteiger charge is 2.52. The molecule has 2 N–H and O–H groups in total. The predicted molar refractivity (Wildman–Crippen MR) is 156 cm³/mol. The van der Waals surface area contributed by atoms with Gasteiger partial charge in [-0.3, -0.25) is 0 Å². The second kappa shape index (κ2) is 18.1. The van der Waals surface area contributed by atoms with Crippen LogP contribution in [0.1, 0.15) is 0 Å². The highest BCUT2D eigenvalue weighted by molar-refractivity contribution is 7.97. The number of rotatable bonds is 10. The van der Waals surface area contributed by atoms with Crippen LogP contribution in [0.3, 0.4) is 0 Å². The lowest BCUT2D eigenvalue weighted by Crippen LogP contribution is -2.81. The van der Waals surface area contributed by atoms with Crippen molar-refractivity contribution < 1.29 is 111 Å². The van der Waals surface area contributed by atoms with Crippen LogP contribution in [0, 0.1) is 116 Å². The normalized spacial score (nSPS) is 11.7. The third-order valence-electron chi connectivity index (χ3n) is 8.00. The van der Waals surface area contributed by atoms with Gasteiger partial charge in [0.2, 0.25) is 5.83 Å². The zero-order valence-corrected chi connectivity index (χ0v) is 27.9. The average Bonchev–Trinajstić information content (AvgIpc) is 3.18. The van der Waals surface area contributed by atoms with E-state index < -0.39 is 167 Å². The second-order valence-corrected chi connectivity index (χ2v) is 13.4. The molecule has 0 saturated carbocycles. The molecule has 4 rings (SSSR count). The molecule has 0 aliphatic rings. The maximum atomic E-state index is 15.4. The summed E-state index contributed by atoms with van der Waals surface area (Å²) >= 11 is 0. The monoisotopic (exact) mass is 896 g/mol. The molecule has 0 bridgehead atoms. The van der Waals surface area contributed by atoms with Gasteiger partial charge < -0.3 is 10.2 Å². The summed E-state index contributed by atoms with van der Waals surface area (Å²) in [4.78, 5) is 0. The first-order chi connectivity index (χ1) is 26.8. The van der Waals surface area contributed by atoms with E-state index in [1.807, 2.05) is 0 Å². The molecule has 0 aromatic heterocycles. The molecule has 4 aromatic rings. The molecule has 318 valence electrons. The Bertz CT molecular complexity index is 1910. The van der Waals surface area contributed by atoms with E-state index in [9.17, 15) is 65.9 Å². The molecule has 0 amide bonds. The Morgan fingerprint density at radius 2 is 0.500 bits per heavy atom. The molecule has 2 nitrogen and oxygen atoms in total. The Morgan fingerprint density at radius 3 is 0.655 bits per heavy atom. The number of aliphatic hydroxyl groups is 2. The lowest BCUT2D eigenvalue weighted by atomic mass is 9.12. The van der Waals surface area contributed by atoms with Gasteiger partial charge in [0.15, 0.2) is 75.6 Å². The van der Waals surface area contributed by atoms with Gasteiger partial charge >= 0.3 is 6.08 Å². The fourth-order valence-corrected chi connectivity index (χ4v) is 7.09. The molecule has 4 aromatic carbocycles. The minimum absolute atomic E-state index is 0.176. The summed E-state index contributed by atoms with van der Waals surface area (Å²) in [7, 11) is -0.688. The fraction of sp³-hybridized carbons (Fsp3) is 0.161. The van der Waals surface area contributed by atoms with Crippen LogP contribution >= 0.6 is 0 Å². The summed E-state index contributed by atoms with van der Waals surface area (Å²) in [6.45, 7) is -0.353. The van der Waals surface area contributed by atoms with Gasteiger partial charge in [0, 0.05) is 0 Å². The van der Waals surface area contributed by atoms with E-state index in [-0.39, 0.29) is 30.5 Å². The van der Waals surface area contributed by atoms with Crippen molar-refractivity contribution in [3.8, 4) is 0 Å². The van der Waals surface area contributed by atoms with Crippen LogP contribution in [0.5, 0.6) is 0 Å². The number of benzene rings is 4. The SMILES string of the molecule is Fc1c(F)c(F)c([B-](c2c(F)c(F)c(F)c(F)c2F)(c2c(F)c(F)c(F)c(F)c2F)c2c(F)c(F)c(F)c(F)c2F)c(F)c1F.OCC[S+](CCO)CC(F)=C(F)F. The third-order valence-corrected chi connectivity index (χ3v) is 10.2. The van der Waals surface area contributed by atoms with Gasteiger partial charge in [0.1, 0.15) is 64.2 Å². The van der Waals surface area contributed by atoms with E-state index >= 15 is 35.1 Å². The van der Waals surface area contributed by atoms with Crippen LogP contribution < -0.4 is 21.9 Å². The Kier molecular flexibility index (Phi) is 14.9. The Balaban J connectivity index is 0.000000594. The van der Waals surface area contributed by atoms with Gasteiger partial charge in [-0.2, -0.15) is 8.78 Å². The zero-order chi connectivity index (χ0) is 44.6. The van der Waals surface area contributed by atoms with E-state index in [0.29, 0.717) is 0 Å². The van der Waals surface area contributed by atoms with Gasteiger partial charge in [0.05, 0.1) is 13.2 Å². The summed E-state index contributed by atoms with van der Waals surface area (Å²) in [6, 6.07) is 0. The molecule has 0 radical (unpaired) electrons. The molecule has 27 heteroatoms. The van der Waals surface area contributed by atoms with Crippen molar-refractivity contribution in [2.45, 2.75) is 0 Å². The summed E-state index contributed by atoms with van der Waals surface area (Å²) in [5.41, 5.74) is -14.3. The van der Waals surface area contributed by atoms with Crippen molar-refractivity contribution >= 4 is 38.9 Å². The Morgan fingerprint density at radius 1 is 0.328 bits per heavy atom. The van der Waals surface area contributed by atoms with Gasteiger partial charge in [-0.15, -0.1) is 21.9 Å². The molecular weight excluding hydrogens is 884 g/mol. The standard InChI is InChI=1S/C24BF20.C7H12F3O2S/c26-5-1(6(27)14(35)21(42)13(5)34)25(2-7(28)15(36)22(43)16(37)8(2)29,3-9(30)17(38)23(44)18(39)10(3)31)4-11(32)19(40)24(45)20(41)12(4)33;8-6(7(9)10)5-13(3-1-11)4-2-12/h;11-12H,1-5H2/q-1;+1. The number of hydrogen-bond donors (Lipinski definition) is 2. The molecule has 0 aliphatic carbocycles. The minimum atomic E-state index is -7.22. The largest absolute Gasteiger partial charge is 0.391 e. The fourth-order valence-electron chi connectivity index (χ4n) is 5.61. The second-order valence-electron chi connectivity index (χ2n) is 11.1. The van der Waals surface area contributed by atoms with Crippen molar-refractivity contribution in [2.75, 3.05) is 30.5 Å². The van der Waals surface area contributed by atoms with Crippen molar-refractivity contribution in [2.24, 2.45) is 0 Å². The molecular formula is C31H12BF23O2S. The lowest BCUT2D eigenvalue weighted by molar-refractivity contribution is 0.316. The molecule has 0 fully saturated rings. The van der Waals surface area contributed by atoms with Crippen LogP contribution in [-0.2, 0) is 10.9 Å². The molecule has 58 heavy (non-hydrogen) atoms. The van der Waals surface area contributed by atoms with Crippen molar-refractivity contribution in [1.29, 1.82) is 0 Å². The Hall–Kier alpha value is -4.66. The first-order valence-corrected chi connectivity index (χ1v) is 16.3. The van der Waals surface area contributed by atoms with Gasteiger partial charge in [-0.1, -0.05) is 0 Å². The van der Waals surface area contributed by atoms with Gasteiger partial charge in [0.25, 0.3) is 0 Å². The average molecular weight is 896 g/mol. The van der Waals surface area contributed by atoms with Crippen molar-refractivity contribution in [1.82, 2.24) is 0 Å². The summed E-state index contributed by atoms with van der Waals surface area (Å²) in [6.07, 6.45) is -9.53. The molecule has 0 aliphatic heterocycles. The summed E-state index contributed by atoms with van der Waals surface area (Å²) in [5.74, 6) is -72.7. The number of aliphatic hydroxyl groups excluding tert-OH is 2. The minimum Gasteiger partial charge on any atom is -0.391 e. The van der Waals surface area contributed by atoms with E-state index in [4.69, 9.17) is 10.2 Å². The summed E-state index contributed by atoms with van der Waals surface area (Å²) < 4.78 is 330. The van der Waals surface area contributed by atoms with Crippen LogP contribution in [0.4, 0.5) is 101 Å². The quantitative estimate of drug-likeness (QED) is 0.0628. The maximum absolute atomic E-state index is 15.4. The first-order valence-electron chi connectivity index (χ1n) is 14.6. The number of hydrogen-bond acceptors (Lipinski definition) is 2. The maximum Gasteiger partial charge on any atom is 0.306 e. The van der Waals surface area contributed by atoms with Gasteiger partial charge in [-0.25, -0.2) is 92.2 Å². The van der Waals surface area contributed by atoms with E-state index in [0.717, 1.165) is 0 Å². The van der Waals surface area contributed by atoms with Crippen molar-refractivity contribution in [3.05, 3.63) is 128 Å². The molecule has 0 saturated heterocycles. The summed E-state index contributed by atoms with van der Waals surface area (Å²) in [5, 5.41) is 17.0. The molecule has 0 heterocycles. The van der Waals surface area contributed by atoms with Crippen LogP contribution in [0.2, 0.25) is 0 Å². The first kappa shape index (κ1) is 47.7.